The number of pyridine rings is 1. The van der Waals surface area contributed by atoms with E-state index in [4.69, 9.17) is 4.74 Å². The second kappa shape index (κ2) is 11.2. The molecule has 12 heteroatoms. The lowest BCUT2D eigenvalue weighted by atomic mass is 9.95. The van der Waals surface area contributed by atoms with Crippen LogP contribution in [0.4, 0.5) is 5.69 Å². The van der Waals surface area contributed by atoms with Crippen LogP contribution in [0.5, 0.6) is 5.75 Å². The number of hydrogen-bond acceptors (Lipinski definition) is 9. The van der Waals surface area contributed by atoms with Crippen molar-refractivity contribution >= 4 is 35.0 Å². The van der Waals surface area contributed by atoms with E-state index < -0.39 is 17.6 Å². The Hall–Kier alpha value is -3.93. The lowest BCUT2D eigenvalue weighted by Gasteiger charge is -2.34. The number of fused-ring (bicyclic) bond motifs is 1. The first kappa shape index (κ1) is 25.7. The number of Topliss-reactive ketones (excluding diaryl/α,β-unsaturated/α-hetero) is 1. The Kier molecular flexibility index (Phi) is 7.59. The van der Waals surface area contributed by atoms with Crippen molar-refractivity contribution in [1.82, 2.24) is 29.5 Å². The van der Waals surface area contributed by atoms with Gasteiger partial charge in [-0.25, -0.2) is 9.97 Å². The van der Waals surface area contributed by atoms with Crippen LogP contribution in [0, 0.1) is 0 Å². The smallest absolute Gasteiger partial charge is 0.290 e. The van der Waals surface area contributed by atoms with Crippen molar-refractivity contribution in [1.29, 1.82) is 0 Å². The van der Waals surface area contributed by atoms with Crippen LogP contribution in [0.3, 0.4) is 0 Å². The van der Waals surface area contributed by atoms with Crippen LogP contribution in [0.2, 0.25) is 0 Å². The predicted octanol–water partition coefficient (Wildman–Crippen LogP) is 2.24. The zero-order chi connectivity index (χ0) is 26.6. The summed E-state index contributed by atoms with van der Waals surface area (Å²) in [4.78, 5) is 51.5. The zero-order valence-corrected chi connectivity index (χ0v) is 22.1. The van der Waals surface area contributed by atoms with Crippen LogP contribution in [0.15, 0.2) is 48.0 Å². The summed E-state index contributed by atoms with van der Waals surface area (Å²) in [7, 11) is 1.51. The number of methoxy groups -OCH3 is 1. The summed E-state index contributed by atoms with van der Waals surface area (Å²) in [5.41, 5.74) is 1.80. The van der Waals surface area contributed by atoms with Crippen LogP contribution < -0.4 is 10.1 Å². The monoisotopic (exact) mass is 535 g/mol. The van der Waals surface area contributed by atoms with Crippen LogP contribution >= 0.6 is 11.8 Å². The summed E-state index contributed by atoms with van der Waals surface area (Å²) in [6.07, 6.45) is 4.14. The minimum atomic E-state index is -0.726. The molecule has 1 saturated heterocycles. The second-order valence-electron chi connectivity index (χ2n) is 9.01. The standard InChI is InChI=1S/C26H29N7O4S/c1-3-13-38-26-29-16-33(30-26)23-21-20(19(37-2)15-28-23)18(14-27-21)22(34)25(36)32-11-9-31(10-12-32)24(35)17-7-5-4-6-8-17/h4-8,15-16,18,27H,3,9-14H2,1-2H3. The molecule has 38 heavy (non-hydrogen) atoms. The summed E-state index contributed by atoms with van der Waals surface area (Å²) in [6.45, 7) is 3.67. The molecule has 1 aromatic carbocycles. The highest BCUT2D eigenvalue weighted by atomic mass is 32.2. The van der Waals surface area contributed by atoms with Crippen LogP contribution in [-0.4, -0.2) is 92.7 Å². The number of ketones is 1. The average Bonchev–Trinajstić information content (AvgIpc) is 3.63. The van der Waals surface area contributed by atoms with E-state index in [0.717, 1.165) is 12.2 Å². The molecule has 2 aliphatic heterocycles. The highest BCUT2D eigenvalue weighted by Crippen LogP contribution is 2.42. The molecule has 0 saturated carbocycles. The molecule has 2 aliphatic rings. The van der Waals surface area contributed by atoms with E-state index in [9.17, 15) is 14.4 Å². The molecule has 5 rings (SSSR count). The first-order chi connectivity index (χ1) is 18.5. The Bertz CT molecular complexity index is 1340. The maximum Gasteiger partial charge on any atom is 0.290 e. The van der Waals surface area contributed by atoms with Crippen molar-refractivity contribution < 1.29 is 19.1 Å². The SMILES string of the molecule is CCCSc1ncn(-c2ncc(OC)c3c2NCC3C(=O)C(=O)N2CCN(C(=O)c3ccccc3)CC2)n1. The van der Waals surface area contributed by atoms with Gasteiger partial charge in [0.2, 0.25) is 10.9 Å². The third-order valence-corrected chi connectivity index (χ3v) is 7.70. The fraction of sp³-hybridized carbons (Fsp3) is 0.385. The highest BCUT2D eigenvalue weighted by Gasteiger charge is 2.40. The van der Waals surface area contributed by atoms with Crippen molar-refractivity contribution in [3.05, 3.63) is 54.0 Å². The Morgan fingerprint density at radius 2 is 1.82 bits per heavy atom. The number of carbonyl (C=O) groups is 3. The largest absolute Gasteiger partial charge is 0.495 e. The van der Waals surface area contributed by atoms with Crippen molar-refractivity contribution in [2.75, 3.05) is 50.9 Å². The topological polar surface area (TPSA) is 123 Å². The summed E-state index contributed by atoms with van der Waals surface area (Å²) in [5, 5.41) is 8.39. The molecule has 0 aliphatic carbocycles. The van der Waals surface area contributed by atoms with Gasteiger partial charge in [-0.2, -0.15) is 4.68 Å². The molecule has 1 unspecified atom stereocenters. The number of piperazine rings is 1. The highest BCUT2D eigenvalue weighted by molar-refractivity contribution is 7.99. The molecule has 11 nitrogen and oxygen atoms in total. The van der Waals surface area contributed by atoms with E-state index in [1.54, 1.807) is 46.0 Å². The molecule has 2 aromatic heterocycles. The number of aromatic nitrogens is 4. The van der Waals surface area contributed by atoms with Gasteiger partial charge in [0.25, 0.3) is 11.8 Å². The second-order valence-corrected chi connectivity index (χ2v) is 10.1. The van der Waals surface area contributed by atoms with Crippen LogP contribution in [-0.2, 0) is 9.59 Å². The number of amides is 2. The number of rotatable bonds is 8. The normalized spacial score (nSPS) is 16.6. The molecule has 2 amide bonds. The molecule has 0 bridgehead atoms. The van der Waals surface area contributed by atoms with Gasteiger partial charge in [0, 0.05) is 49.6 Å². The number of carbonyl (C=O) groups excluding carboxylic acids is 3. The first-order valence-electron chi connectivity index (χ1n) is 12.5. The molecule has 0 spiro atoms. The summed E-state index contributed by atoms with van der Waals surface area (Å²) < 4.78 is 7.09. The van der Waals surface area contributed by atoms with Gasteiger partial charge in [0.1, 0.15) is 12.1 Å². The van der Waals surface area contributed by atoms with Gasteiger partial charge >= 0.3 is 0 Å². The number of hydrogen-bond donors (Lipinski definition) is 1. The molecule has 3 aromatic rings. The number of ether oxygens (including phenoxy) is 1. The third kappa shape index (κ3) is 4.95. The molecule has 0 radical (unpaired) electrons. The quantitative estimate of drug-likeness (QED) is 0.342. The molecule has 1 N–H and O–H groups in total. The Morgan fingerprint density at radius 1 is 1.08 bits per heavy atom. The van der Waals surface area contributed by atoms with E-state index in [2.05, 4.69) is 27.3 Å². The third-order valence-electron chi connectivity index (χ3n) is 6.64. The molecular formula is C26H29N7O4S. The van der Waals surface area contributed by atoms with Gasteiger partial charge in [0.05, 0.1) is 24.9 Å². The van der Waals surface area contributed by atoms with Crippen molar-refractivity contribution in [2.24, 2.45) is 0 Å². The van der Waals surface area contributed by atoms with Gasteiger partial charge in [0.15, 0.2) is 5.82 Å². The number of benzene rings is 1. The van der Waals surface area contributed by atoms with Crippen molar-refractivity contribution in [3.63, 3.8) is 0 Å². The molecule has 1 fully saturated rings. The zero-order valence-electron chi connectivity index (χ0n) is 21.3. The fourth-order valence-electron chi connectivity index (χ4n) is 4.67. The van der Waals surface area contributed by atoms with Gasteiger partial charge in [-0.15, -0.1) is 5.10 Å². The van der Waals surface area contributed by atoms with E-state index in [0.29, 0.717) is 59.7 Å². The van der Waals surface area contributed by atoms with E-state index >= 15 is 0 Å². The Balaban J connectivity index is 1.30. The van der Waals surface area contributed by atoms with E-state index in [1.165, 1.54) is 12.0 Å². The average molecular weight is 536 g/mol. The Labute approximate surface area is 224 Å². The minimum Gasteiger partial charge on any atom is -0.495 e. The van der Waals surface area contributed by atoms with E-state index in [1.807, 2.05) is 18.2 Å². The summed E-state index contributed by atoms with van der Waals surface area (Å²) in [6, 6.07) is 9.05. The maximum absolute atomic E-state index is 13.5. The van der Waals surface area contributed by atoms with Crippen LogP contribution in [0.1, 0.15) is 35.2 Å². The Morgan fingerprint density at radius 3 is 2.53 bits per heavy atom. The minimum absolute atomic E-state index is 0.0768. The number of nitrogens with zero attached hydrogens (tertiary/aromatic N) is 6. The van der Waals surface area contributed by atoms with Crippen LogP contribution in [0.25, 0.3) is 5.82 Å². The number of anilines is 1. The summed E-state index contributed by atoms with van der Waals surface area (Å²) in [5.74, 6) is -0.0544. The first-order valence-corrected chi connectivity index (χ1v) is 13.5. The maximum atomic E-state index is 13.5. The summed E-state index contributed by atoms with van der Waals surface area (Å²) >= 11 is 1.56. The van der Waals surface area contributed by atoms with Gasteiger partial charge in [-0.1, -0.05) is 36.9 Å². The lowest BCUT2D eigenvalue weighted by Crippen LogP contribution is -2.52. The van der Waals surface area contributed by atoms with Crippen molar-refractivity contribution in [2.45, 2.75) is 24.4 Å². The molecule has 4 heterocycles. The lowest BCUT2D eigenvalue weighted by molar-refractivity contribution is -0.146. The molecule has 1 atom stereocenters. The van der Waals surface area contributed by atoms with Gasteiger partial charge < -0.3 is 19.9 Å². The number of thioether (sulfide) groups is 1. The van der Waals surface area contributed by atoms with Gasteiger partial charge in [-0.05, 0) is 18.6 Å². The van der Waals surface area contributed by atoms with Gasteiger partial charge in [-0.3, -0.25) is 14.4 Å². The van der Waals surface area contributed by atoms with Crippen molar-refractivity contribution in [3.8, 4) is 11.6 Å². The molecule has 198 valence electrons. The number of nitrogens with one attached hydrogen (secondary N) is 1. The van der Waals surface area contributed by atoms with E-state index in [-0.39, 0.29) is 12.5 Å². The molecular weight excluding hydrogens is 506 g/mol. The fourth-order valence-corrected chi connectivity index (χ4v) is 5.33. The predicted molar refractivity (Wildman–Crippen MR) is 142 cm³/mol.